The number of nitrogens with zero attached hydrogens (tertiary/aromatic N) is 2. The topological polar surface area (TPSA) is 110 Å². The molecule has 0 bridgehead atoms. The summed E-state index contributed by atoms with van der Waals surface area (Å²) in [6.45, 7) is 5.68. The van der Waals surface area contributed by atoms with Crippen molar-refractivity contribution in [2.75, 3.05) is 19.8 Å². The summed E-state index contributed by atoms with van der Waals surface area (Å²) in [5, 5.41) is 14.1. The van der Waals surface area contributed by atoms with E-state index in [2.05, 4.69) is 29.3 Å². The van der Waals surface area contributed by atoms with Crippen LogP contribution < -0.4 is 11.1 Å². The fourth-order valence-electron chi connectivity index (χ4n) is 1.38. The Kier molecular flexibility index (Phi) is 6.45. The molecule has 20 heavy (non-hydrogen) atoms. The van der Waals surface area contributed by atoms with E-state index < -0.39 is 0 Å². The number of amides is 1. The van der Waals surface area contributed by atoms with Gasteiger partial charge in [0, 0.05) is 24.9 Å². The van der Waals surface area contributed by atoms with Gasteiger partial charge in [0.05, 0.1) is 6.61 Å². The number of nitrogens with two attached hydrogens (primary N) is 1. The summed E-state index contributed by atoms with van der Waals surface area (Å²) in [6.07, 6.45) is 1.37. The maximum Gasteiger partial charge on any atom is 0.269 e. The maximum absolute atomic E-state index is 11.8. The second-order valence-electron chi connectivity index (χ2n) is 4.64. The number of oxime groups is 1. The smallest absolute Gasteiger partial charge is 0.269 e. The lowest BCUT2D eigenvalue weighted by atomic mass is 10.2. The fourth-order valence-corrected chi connectivity index (χ4v) is 1.38. The molecular formula is C13H20N4O3. The Morgan fingerprint density at radius 3 is 2.85 bits per heavy atom. The first-order chi connectivity index (χ1) is 9.54. The van der Waals surface area contributed by atoms with Crippen molar-refractivity contribution >= 4 is 11.7 Å². The van der Waals surface area contributed by atoms with Gasteiger partial charge in [-0.3, -0.25) is 9.78 Å². The van der Waals surface area contributed by atoms with Crippen molar-refractivity contribution in [1.82, 2.24) is 10.3 Å². The summed E-state index contributed by atoms with van der Waals surface area (Å²) < 4.78 is 5.35. The predicted molar refractivity (Wildman–Crippen MR) is 74.7 cm³/mol. The van der Waals surface area contributed by atoms with Crippen LogP contribution >= 0.6 is 0 Å². The van der Waals surface area contributed by atoms with E-state index in [1.54, 1.807) is 6.07 Å². The number of hydrogen-bond donors (Lipinski definition) is 3. The van der Waals surface area contributed by atoms with Gasteiger partial charge < -0.3 is 21.0 Å². The maximum atomic E-state index is 11.8. The third-order valence-electron chi connectivity index (χ3n) is 2.38. The lowest BCUT2D eigenvalue weighted by Gasteiger charge is -2.08. The number of rotatable bonds is 7. The van der Waals surface area contributed by atoms with Crippen molar-refractivity contribution in [3.63, 3.8) is 0 Å². The van der Waals surface area contributed by atoms with Crippen molar-refractivity contribution in [3.05, 3.63) is 29.6 Å². The second kappa shape index (κ2) is 8.11. The van der Waals surface area contributed by atoms with Crippen molar-refractivity contribution in [1.29, 1.82) is 0 Å². The molecule has 0 aliphatic heterocycles. The number of carbonyl (C=O) groups is 1. The van der Waals surface area contributed by atoms with Gasteiger partial charge in [0.25, 0.3) is 5.91 Å². The first-order valence-electron chi connectivity index (χ1n) is 6.34. The van der Waals surface area contributed by atoms with Crippen LogP contribution in [0, 0.1) is 5.92 Å². The summed E-state index contributed by atoms with van der Waals surface area (Å²) in [4.78, 5) is 15.7. The zero-order valence-corrected chi connectivity index (χ0v) is 11.7. The molecule has 4 N–H and O–H groups in total. The standard InChI is InChI=1S/C13H20N4O3/c1-9(2)8-20-6-5-15-13(18)11-4-3-10(7-16-11)12(14)17-19/h3-4,7,9,19H,5-6,8H2,1-2H3,(H2,14,17)(H,15,18). The Bertz CT molecular complexity index is 457. The van der Waals surface area contributed by atoms with Gasteiger partial charge in [-0.05, 0) is 18.1 Å². The Morgan fingerprint density at radius 2 is 2.30 bits per heavy atom. The first-order valence-corrected chi connectivity index (χ1v) is 6.34. The monoisotopic (exact) mass is 280 g/mol. The Labute approximate surface area is 117 Å². The fraction of sp³-hybridized carbons (Fsp3) is 0.462. The van der Waals surface area contributed by atoms with E-state index in [1.165, 1.54) is 12.3 Å². The molecule has 1 amide bonds. The van der Waals surface area contributed by atoms with Crippen LogP contribution in [-0.4, -0.2) is 41.7 Å². The van der Waals surface area contributed by atoms with Gasteiger partial charge in [0.15, 0.2) is 5.84 Å². The second-order valence-corrected chi connectivity index (χ2v) is 4.64. The molecule has 0 aromatic carbocycles. The quantitative estimate of drug-likeness (QED) is 0.222. The molecule has 0 fully saturated rings. The van der Waals surface area contributed by atoms with Crippen LogP contribution in [0.25, 0.3) is 0 Å². The highest BCUT2D eigenvalue weighted by molar-refractivity contribution is 5.98. The molecule has 0 aliphatic rings. The van der Waals surface area contributed by atoms with Crippen molar-refractivity contribution in [2.24, 2.45) is 16.8 Å². The normalized spacial score (nSPS) is 11.7. The predicted octanol–water partition coefficient (Wildman–Crippen LogP) is 0.579. The number of aromatic nitrogens is 1. The summed E-state index contributed by atoms with van der Waals surface area (Å²) in [6, 6.07) is 3.07. The Hall–Kier alpha value is -2.15. The molecule has 0 aliphatic carbocycles. The molecule has 1 aromatic heterocycles. The lowest BCUT2D eigenvalue weighted by molar-refractivity contribution is 0.0882. The van der Waals surface area contributed by atoms with Crippen molar-refractivity contribution in [3.8, 4) is 0 Å². The number of nitrogens with one attached hydrogen (secondary N) is 1. The summed E-state index contributed by atoms with van der Waals surface area (Å²) >= 11 is 0. The van der Waals surface area contributed by atoms with Gasteiger partial charge in [-0.1, -0.05) is 19.0 Å². The van der Waals surface area contributed by atoms with Crippen LogP contribution in [0.5, 0.6) is 0 Å². The molecule has 1 aromatic rings. The van der Waals surface area contributed by atoms with Gasteiger partial charge in [0.2, 0.25) is 0 Å². The molecule has 0 atom stereocenters. The molecule has 0 unspecified atom stereocenters. The van der Waals surface area contributed by atoms with Crippen LogP contribution in [0.15, 0.2) is 23.5 Å². The van der Waals surface area contributed by atoms with Crippen molar-refractivity contribution in [2.45, 2.75) is 13.8 Å². The molecule has 1 heterocycles. The summed E-state index contributed by atoms with van der Waals surface area (Å²) in [5.74, 6) is 0.134. The zero-order chi connectivity index (χ0) is 15.0. The molecule has 0 radical (unpaired) electrons. The van der Waals surface area contributed by atoms with Crippen LogP contribution in [-0.2, 0) is 4.74 Å². The minimum atomic E-state index is -0.288. The molecule has 0 saturated heterocycles. The van der Waals surface area contributed by atoms with Crippen LogP contribution in [0.1, 0.15) is 29.9 Å². The largest absolute Gasteiger partial charge is 0.409 e. The summed E-state index contributed by atoms with van der Waals surface area (Å²) in [5.41, 5.74) is 6.12. The Morgan fingerprint density at radius 1 is 1.55 bits per heavy atom. The minimum absolute atomic E-state index is 0.0495. The van der Waals surface area contributed by atoms with Crippen LogP contribution in [0.3, 0.4) is 0 Å². The zero-order valence-electron chi connectivity index (χ0n) is 11.7. The highest BCUT2D eigenvalue weighted by Crippen LogP contribution is 2.00. The van der Waals surface area contributed by atoms with E-state index in [1.807, 2.05) is 0 Å². The number of amidine groups is 1. The van der Waals surface area contributed by atoms with Gasteiger partial charge in [-0.2, -0.15) is 0 Å². The van der Waals surface area contributed by atoms with E-state index in [4.69, 9.17) is 15.7 Å². The number of pyridine rings is 1. The molecular weight excluding hydrogens is 260 g/mol. The first kappa shape index (κ1) is 15.9. The molecule has 1 rings (SSSR count). The van der Waals surface area contributed by atoms with Crippen LogP contribution in [0.4, 0.5) is 0 Å². The molecule has 7 nitrogen and oxygen atoms in total. The average molecular weight is 280 g/mol. The average Bonchev–Trinajstić information content (AvgIpc) is 2.45. The van der Waals surface area contributed by atoms with Gasteiger partial charge in [0.1, 0.15) is 5.69 Å². The van der Waals surface area contributed by atoms with Gasteiger partial charge in [-0.15, -0.1) is 0 Å². The van der Waals surface area contributed by atoms with E-state index in [9.17, 15) is 4.79 Å². The highest BCUT2D eigenvalue weighted by Gasteiger charge is 2.07. The Balaban J connectivity index is 2.40. The summed E-state index contributed by atoms with van der Waals surface area (Å²) in [7, 11) is 0. The van der Waals surface area contributed by atoms with Gasteiger partial charge >= 0.3 is 0 Å². The molecule has 7 heteroatoms. The van der Waals surface area contributed by atoms with E-state index in [0.29, 0.717) is 31.2 Å². The van der Waals surface area contributed by atoms with E-state index in [-0.39, 0.29) is 17.4 Å². The third kappa shape index (κ3) is 5.23. The van der Waals surface area contributed by atoms with Crippen LogP contribution in [0.2, 0.25) is 0 Å². The minimum Gasteiger partial charge on any atom is -0.409 e. The SMILES string of the molecule is CC(C)COCCNC(=O)c1ccc(/C(N)=N/O)cn1. The van der Waals surface area contributed by atoms with E-state index >= 15 is 0 Å². The molecule has 0 saturated carbocycles. The van der Waals surface area contributed by atoms with Gasteiger partial charge in [-0.25, -0.2) is 0 Å². The highest BCUT2D eigenvalue weighted by atomic mass is 16.5. The third-order valence-corrected chi connectivity index (χ3v) is 2.38. The van der Waals surface area contributed by atoms with E-state index in [0.717, 1.165) is 0 Å². The number of ether oxygens (including phenoxy) is 1. The molecule has 110 valence electrons. The van der Waals surface area contributed by atoms with Crippen molar-refractivity contribution < 1.29 is 14.7 Å². The number of hydrogen-bond acceptors (Lipinski definition) is 5. The molecule has 0 spiro atoms. The number of carbonyl (C=O) groups excluding carboxylic acids is 1. The lowest BCUT2D eigenvalue weighted by Crippen LogP contribution is -2.28.